The predicted octanol–water partition coefficient (Wildman–Crippen LogP) is 2.45. The molecule has 0 bridgehead atoms. The third kappa shape index (κ3) is 2.90. The number of nitrogens with two attached hydrogens (primary N) is 1. The standard InChI is InChI=1S/C15H25N3/c1-15(2,3)13-6-9-18(11-13)14(10-16)12-4-7-17-8-5-12/h4-5,7-8,13-14H,6,9-11,16H2,1-3H3. The lowest BCUT2D eigenvalue weighted by molar-refractivity contribution is 0.197. The lowest BCUT2D eigenvalue weighted by atomic mass is 9.80. The van der Waals surface area contributed by atoms with Gasteiger partial charge in [0.15, 0.2) is 0 Å². The minimum Gasteiger partial charge on any atom is -0.329 e. The molecule has 3 nitrogen and oxygen atoms in total. The van der Waals surface area contributed by atoms with Gasteiger partial charge in [0.2, 0.25) is 0 Å². The highest BCUT2D eigenvalue weighted by Crippen LogP contribution is 2.36. The fraction of sp³-hybridized carbons (Fsp3) is 0.667. The molecule has 0 saturated carbocycles. The Hall–Kier alpha value is -0.930. The molecule has 0 aromatic carbocycles. The van der Waals surface area contributed by atoms with Crippen LogP contribution in [-0.2, 0) is 0 Å². The molecule has 2 unspecified atom stereocenters. The van der Waals surface area contributed by atoms with Crippen LogP contribution in [0.2, 0.25) is 0 Å². The van der Waals surface area contributed by atoms with Gasteiger partial charge in [0.25, 0.3) is 0 Å². The molecule has 2 atom stereocenters. The van der Waals surface area contributed by atoms with E-state index in [1.54, 1.807) is 0 Å². The first-order valence-corrected chi connectivity index (χ1v) is 6.86. The minimum absolute atomic E-state index is 0.348. The highest BCUT2D eigenvalue weighted by molar-refractivity contribution is 5.16. The topological polar surface area (TPSA) is 42.1 Å². The van der Waals surface area contributed by atoms with Crippen molar-refractivity contribution in [3.63, 3.8) is 0 Å². The molecular formula is C15H25N3. The maximum atomic E-state index is 5.98. The van der Waals surface area contributed by atoms with Crippen molar-refractivity contribution in [3.05, 3.63) is 30.1 Å². The molecule has 1 aliphatic rings. The molecule has 1 saturated heterocycles. The van der Waals surface area contributed by atoms with Crippen LogP contribution in [0.15, 0.2) is 24.5 Å². The molecule has 0 radical (unpaired) electrons. The molecule has 0 amide bonds. The minimum atomic E-state index is 0.348. The number of nitrogens with zero attached hydrogens (tertiary/aromatic N) is 2. The van der Waals surface area contributed by atoms with Crippen LogP contribution in [0, 0.1) is 11.3 Å². The fourth-order valence-corrected chi connectivity index (χ4v) is 2.86. The zero-order valence-electron chi connectivity index (χ0n) is 11.8. The Morgan fingerprint density at radius 3 is 2.56 bits per heavy atom. The summed E-state index contributed by atoms with van der Waals surface area (Å²) in [6, 6.07) is 4.52. The van der Waals surface area contributed by atoms with Crippen LogP contribution in [0.25, 0.3) is 0 Å². The number of aromatic nitrogens is 1. The number of rotatable bonds is 3. The summed E-state index contributed by atoms with van der Waals surface area (Å²) >= 11 is 0. The lowest BCUT2D eigenvalue weighted by Crippen LogP contribution is -2.33. The van der Waals surface area contributed by atoms with E-state index < -0.39 is 0 Å². The molecule has 1 fully saturated rings. The Balaban J connectivity index is 2.08. The van der Waals surface area contributed by atoms with Crippen molar-refractivity contribution in [2.45, 2.75) is 33.2 Å². The second-order valence-electron chi connectivity index (χ2n) is 6.38. The van der Waals surface area contributed by atoms with Crippen LogP contribution in [0.3, 0.4) is 0 Å². The third-order valence-electron chi connectivity index (χ3n) is 4.20. The number of likely N-dealkylation sites (tertiary alicyclic amines) is 1. The fourth-order valence-electron chi connectivity index (χ4n) is 2.86. The van der Waals surface area contributed by atoms with Crippen LogP contribution in [-0.4, -0.2) is 29.5 Å². The highest BCUT2D eigenvalue weighted by atomic mass is 15.2. The summed E-state index contributed by atoms with van der Waals surface area (Å²) in [6.45, 7) is 10.0. The zero-order valence-corrected chi connectivity index (χ0v) is 11.8. The maximum Gasteiger partial charge on any atom is 0.0471 e. The monoisotopic (exact) mass is 247 g/mol. The van der Waals surface area contributed by atoms with Gasteiger partial charge < -0.3 is 5.73 Å². The lowest BCUT2D eigenvalue weighted by Gasteiger charge is -2.30. The van der Waals surface area contributed by atoms with Gasteiger partial charge in [-0.05, 0) is 42.0 Å². The van der Waals surface area contributed by atoms with Crippen LogP contribution >= 0.6 is 0 Å². The quantitative estimate of drug-likeness (QED) is 0.892. The molecule has 0 spiro atoms. The van der Waals surface area contributed by atoms with E-state index in [1.165, 1.54) is 12.0 Å². The van der Waals surface area contributed by atoms with Crippen molar-refractivity contribution < 1.29 is 0 Å². The maximum absolute atomic E-state index is 5.98. The second-order valence-corrected chi connectivity index (χ2v) is 6.38. The number of hydrogen-bond acceptors (Lipinski definition) is 3. The van der Waals surface area contributed by atoms with Crippen LogP contribution < -0.4 is 5.73 Å². The van der Waals surface area contributed by atoms with Gasteiger partial charge in [0.05, 0.1) is 0 Å². The van der Waals surface area contributed by atoms with Crippen molar-refractivity contribution in [3.8, 4) is 0 Å². The van der Waals surface area contributed by atoms with Gasteiger partial charge in [-0.15, -0.1) is 0 Å². The molecule has 100 valence electrons. The van der Waals surface area contributed by atoms with Crippen molar-refractivity contribution in [2.24, 2.45) is 17.1 Å². The van der Waals surface area contributed by atoms with Crippen molar-refractivity contribution in [1.82, 2.24) is 9.88 Å². The van der Waals surface area contributed by atoms with Crippen molar-refractivity contribution in [2.75, 3.05) is 19.6 Å². The van der Waals surface area contributed by atoms with Gasteiger partial charge in [-0.1, -0.05) is 20.8 Å². The zero-order chi connectivity index (χ0) is 13.2. The Labute approximate surface area is 110 Å². The first-order valence-electron chi connectivity index (χ1n) is 6.86. The average molecular weight is 247 g/mol. The van der Waals surface area contributed by atoms with Crippen molar-refractivity contribution in [1.29, 1.82) is 0 Å². The Morgan fingerprint density at radius 2 is 2.06 bits per heavy atom. The largest absolute Gasteiger partial charge is 0.329 e. The Kier molecular flexibility index (Phi) is 4.03. The van der Waals surface area contributed by atoms with E-state index in [0.717, 1.165) is 19.0 Å². The molecule has 2 rings (SSSR count). The Bertz CT molecular complexity index is 369. The first-order chi connectivity index (χ1) is 8.52. The van der Waals surface area contributed by atoms with Crippen molar-refractivity contribution >= 4 is 0 Å². The van der Waals surface area contributed by atoms with Crippen LogP contribution in [0.1, 0.15) is 38.8 Å². The van der Waals surface area contributed by atoms with Crippen LogP contribution in [0.5, 0.6) is 0 Å². The summed E-state index contributed by atoms with van der Waals surface area (Å²) in [5.41, 5.74) is 7.67. The SMILES string of the molecule is CC(C)(C)C1CCN(C(CN)c2ccncc2)C1. The normalized spacial score (nSPS) is 23.2. The van der Waals surface area contributed by atoms with E-state index in [2.05, 4.69) is 42.8 Å². The molecule has 2 N–H and O–H groups in total. The van der Waals surface area contributed by atoms with Gasteiger partial charge in [-0.3, -0.25) is 9.88 Å². The molecule has 1 aromatic heterocycles. The Morgan fingerprint density at radius 1 is 1.39 bits per heavy atom. The summed E-state index contributed by atoms with van der Waals surface area (Å²) in [5.74, 6) is 0.772. The van der Waals surface area contributed by atoms with E-state index in [-0.39, 0.29) is 0 Å². The van der Waals surface area contributed by atoms with Crippen LogP contribution in [0.4, 0.5) is 0 Å². The van der Waals surface area contributed by atoms with Gasteiger partial charge >= 0.3 is 0 Å². The second kappa shape index (κ2) is 5.37. The summed E-state index contributed by atoms with van der Waals surface area (Å²) in [5, 5.41) is 0. The van der Waals surface area contributed by atoms with E-state index in [1.807, 2.05) is 12.4 Å². The number of hydrogen-bond donors (Lipinski definition) is 1. The van der Waals surface area contributed by atoms with Gasteiger partial charge in [-0.25, -0.2) is 0 Å². The summed E-state index contributed by atoms with van der Waals surface area (Å²) in [6.07, 6.45) is 5.00. The molecule has 3 heteroatoms. The van der Waals surface area contributed by atoms with E-state index >= 15 is 0 Å². The first kappa shape index (κ1) is 13.5. The molecule has 18 heavy (non-hydrogen) atoms. The van der Waals surface area contributed by atoms with Gasteiger partial charge in [0.1, 0.15) is 0 Å². The summed E-state index contributed by atoms with van der Waals surface area (Å²) < 4.78 is 0. The molecule has 0 aliphatic carbocycles. The average Bonchev–Trinajstić information content (AvgIpc) is 2.81. The highest BCUT2D eigenvalue weighted by Gasteiger charge is 2.34. The molecular weight excluding hydrogens is 222 g/mol. The van der Waals surface area contributed by atoms with E-state index in [9.17, 15) is 0 Å². The van der Waals surface area contributed by atoms with Gasteiger partial charge in [0, 0.05) is 31.5 Å². The molecule has 1 aliphatic heterocycles. The molecule has 1 aromatic rings. The van der Waals surface area contributed by atoms with E-state index in [0.29, 0.717) is 18.0 Å². The summed E-state index contributed by atoms with van der Waals surface area (Å²) in [7, 11) is 0. The third-order valence-corrected chi connectivity index (χ3v) is 4.20. The van der Waals surface area contributed by atoms with E-state index in [4.69, 9.17) is 5.73 Å². The smallest absolute Gasteiger partial charge is 0.0471 e. The van der Waals surface area contributed by atoms with Gasteiger partial charge in [-0.2, -0.15) is 0 Å². The summed E-state index contributed by atoms with van der Waals surface area (Å²) in [4.78, 5) is 6.62. The molecule has 2 heterocycles. The number of pyridine rings is 1. The predicted molar refractivity (Wildman–Crippen MR) is 75.2 cm³/mol.